The quantitative estimate of drug-likeness (QED) is 0.195. The minimum atomic E-state index is -0.723. The molecule has 0 unspecified atom stereocenters. The van der Waals surface area contributed by atoms with Gasteiger partial charge in [-0.25, -0.2) is 9.59 Å². The topological polar surface area (TPSA) is 112 Å². The van der Waals surface area contributed by atoms with Crippen LogP contribution in [-0.4, -0.2) is 37.2 Å². The monoisotopic (exact) mass is 438 g/mol. The minimum Gasteiger partial charge on any atom is -0.423 e. The van der Waals surface area contributed by atoms with Crippen molar-refractivity contribution in [3.8, 4) is 5.75 Å². The second kappa shape index (κ2) is 8.80. The molecule has 0 atom stereocenters. The Kier molecular flexibility index (Phi) is 5.91. The summed E-state index contributed by atoms with van der Waals surface area (Å²) in [5, 5.41) is 12.1. The zero-order valence-corrected chi connectivity index (χ0v) is 17.8. The van der Waals surface area contributed by atoms with E-state index in [2.05, 4.69) is 0 Å². The van der Waals surface area contributed by atoms with Crippen LogP contribution in [0.3, 0.4) is 0 Å². The van der Waals surface area contributed by atoms with Crippen LogP contribution >= 0.6 is 0 Å². The van der Waals surface area contributed by atoms with Gasteiger partial charge >= 0.3 is 11.6 Å². The van der Waals surface area contributed by atoms with Gasteiger partial charge in [0.1, 0.15) is 11.3 Å². The third-order valence-electron chi connectivity index (χ3n) is 5.48. The third-order valence-corrected chi connectivity index (χ3v) is 5.48. The van der Waals surface area contributed by atoms with Crippen LogP contribution in [0.4, 0.5) is 11.4 Å². The molecule has 0 amide bonds. The summed E-state index contributed by atoms with van der Waals surface area (Å²) in [5.74, 6) is -0.475. The van der Waals surface area contributed by atoms with Crippen LogP contribution in [0.5, 0.6) is 5.75 Å². The van der Waals surface area contributed by atoms with Crippen LogP contribution in [0.15, 0.2) is 45.6 Å². The predicted octanol–water partition coefficient (Wildman–Crippen LogP) is 3.63. The van der Waals surface area contributed by atoms with Crippen molar-refractivity contribution < 1.29 is 23.6 Å². The normalized spacial score (nSPS) is 13.9. The summed E-state index contributed by atoms with van der Waals surface area (Å²) >= 11 is 0. The number of anilines is 1. The number of nitro groups is 1. The van der Waals surface area contributed by atoms with Crippen molar-refractivity contribution >= 4 is 28.3 Å². The zero-order chi connectivity index (χ0) is 22.8. The van der Waals surface area contributed by atoms with Crippen LogP contribution in [0.1, 0.15) is 28.4 Å². The van der Waals surface area contributed by atoms with E-state index in [1.54, 1.807) is 6.07 Å². The first kappa shape index (κ1) is 21.5. The van der Waals surface area contributed by atoms with Gasteiger partial charge in [0.05, 0.1) is 29.4 Å². The van der Waals surface area contributed by atoms with Gasteiger partial charge in [-0.3, -0.25) is 10.1 Å². The Hall–Kier alpha value is -3.72. The number of non-ortho nitro benzene ring substituents is 1. The SMILES string of the molecule is CCc1cc2c(C)cc(=O)oc2cc1OC(=O)c1cc([N+](=O)[O-])ccc1N1CCOCC1. The molecule has 0 saturated carbocycles. The molecular weight excluding hydrogens is 416 g/mol. The van der Waals surface area contributed by atoms with Crippen LogP contribution in [-0.2, 0) is 11.2 Å². The average Bonchev–Trinajstić information content (AvgIpc) is 2.78. The summed E-state index contributed by atoms with van der Waals surface area (Å²) in [5.41, 5.74) is 1.76. The molecule has 4 rings (SSSR count). The summed E-state index contributed by atoms with van der Waals surface area (Å²) in [6.07, 6.45) is 0.572. The lowest BCUT2D eigenvalue weighted by Gasteiger charge is -2.30. The summed E-state index contributed by atoms with van der Waals surface area (Å²) < 4.78 is 16.3. The summed E-state index contributed by atoms with van der Waals surface area (Å²) in [7, 11) is 0. The van der Waals surface area contributed by atoms with Gasteiger partial charge in [-0.1, -0.05) is 6.92 Å². The van der Waals surface area contributed by atoms with Crippen molar-refractivity contribution in [1.29, 1.82) is 0 Å². The minimum absolute atomic E-state index is 0.0916. The number of aryl methyl sites for hydroxylation is 2. The molecule has 32 heavy (non-hydrogen) atoms. The maximum absolute atomic E-state index is 13.2. The molecule has 3 aromatic rings. The number of esters is 1. The number of morpholine rings is 1. The van der Waals surface area contributed by atoms with Gasteiger partial charge in [0.25, 0.3) is 5.69 Å². The number of carbonyl (C=O) groups excluding carboxylic acids is 1. The fraction of sp³-hybridized carbons (Fsp3) is 0.304. The second-order valence-corrected chi connectivity index (χ2v) is 7.51. The number of hydrogen-bond acceptors (Lipinski definition) is 8. The lowest BCUT2D eigenvalue weighted by molar-refractivity contribution is -0.384. The van der Waals surface area contributed by atoms with Crippen LogP contribution in [0.2, 0.25) is 0 Å². The number of ether oxygens (including phenoxy) is 2. The molecule has 2 aromatic carbocycles. The van der Waals surface area contributed by atoms with E-state index in [1.807, 2.05) is 24.8 Å². The second-order valence-electron chi connectivity index (χ2n) is 7.51. The first-order chi connectivity index (χ1) is 15.4. The van der Waals surface area contributed by atoms with E-state index in [0.29, 0.717) is 44.0 Å². The van der Waals surface area contributed by atoms with Gasteiger partial charge in [-0.05, 0) is 36.6 Å². The number of nitro benzene ring substituents is 1. The molecule has 9 nitrogen and oxygen atoms in total. The first-order valence-electron chi connectivity index (χ1n) is 10.3. The van der Waals surface area contributed by atoms with E-state index in [-0.39, 0.29) is 17.0 Å². The highest BCUT2D eigenvalue weighted by Gasteiger charge is 2.24. The summed E-state index contributed by atoms with van der Waals surface area (Å²) in [4.78, 5) is 37.7. The fourth-order valence-electron chi connectivity index (χ4n) is 3.80. The number of carbonyl (C=O) groups is 1. The lowest BCUT2D eigenvalue weighted by Crippen LogP contribution is -2.37. The highest BCUT2D eigenvalue weighted by atomic mass is 16.6. The van der Waals surface area contributed by atoms with Crippen LogP contribution < -0.4 is 15.3 Å². The summed E-state index contributed by atoms with van der Waals surface area (Å²) in [6.45, 7) is 5.82. The molecule has 0 aliphatic carbocycles. The first-order valence-corrected chi connectivity index (χ1v) is 10.3. The van der Waals surface area contributed by atoms with Gasteiger partial charge in [0.2, 0.25) is 0 Å². The Morgan fingerprint density at radius 3 is 2.62 bits per heavy atom. The fourth-order valence-corrected chi connectivity index (χ4v) is 3.80. The Bertz CT molecular complexity index is 1260. The Balaban J connectivity index is 1.76. The van der Waals surface area contributed by atoms with E-state index in [0.717, 1.165) is 16.5 Å². The zero-order valence-electron chi connectivity index (χ0n) is 17.8. The van der Waals surface area contributed by atoms with Crippen molar-refractivity contribution in [2.75, 3.05) is 31.2 Å². The Labute approximate surface area is 183 Å². The van der Waals surface area contributed by atoms with Gasteiger partial charge < -0.3 is 18.8 Å². The molecule has 1 fully saturated rings. The van der Waals surface area contributed by atoms with E-state index in [9.17, 15) is 19.7 Å². The molecule has 1 saturated heterocycles. The van der Waals surface area contributed by atoms with Crippen molar-refractivity contribution in [3.05, 3.63) is 73.6 Å². The molecule has 1 aliphatic heterocycles. The third kappa shape index (κ3) is 4.19. The molecule has 0 bridgehead atoms. The maximum atomic E-state index is 13.2. The number of hydrogen-bond donors (Lipinski definition) is 0. The Morgan fingerprint density at radius 2 is 1.94 bits per heavy atom. The van der Waals surface area contributed by atoms with Gasteiger partial charge in [-0.2, -0.15) is 0 Å². The number of rotatable bonds is 5. The number of fused-ring (bicyclic) bond motifs is 1. The molecule has 0 spiro atoms. The summed E-state index contributed by atoms with van der Waals surface area (Å²) in [6, 6.07) is 8.91. The van der Waals surface area contributed by atoms with E-state index in [4.69, 9.17) is 13.9 Å². The standard InChI is InChI=1S/C23H22N2O7/c1-3-15-11-17-14(2)10-22(26)31-21(17)13-20(15)32-23(27)18-12-16(25(28)29)4-5-19(18)24-6-8-30-9-7-24/h4-5,10-13H,3,6-9H2,1-2H3. The van der Waals surface area contributed by atoms with Gasteiger partial charge in [-0.15, -0.1) is 0 Å². The molecule has 2 heterocycles. The Morgan fingerprint density at radius 1 is 1.19 bits per heavy atom. The van der Waals surface area contributed by atoms with Crippen molar-refractivity contribution in [2.45, 2.75) is 20.3 Å². The molecule has 1 aliphatic rings. The number of benzene rings is 2. The average molecular weight is 438 g/mol. The predicted molar refractivity (Wildman–Crippen MR) is 118 cm³/mol. The van der Waals surface area contributed by atoms with Gasteiger partial charge in [0.15, 0.2) is 0 Å². The van der Waals surface area contributed by atoms with Crippen LogP contribution in [0, 0.1) is 17.0 Å². The molecule has 9 heteroatoms. The largest absolute Gasteiger partial charge is 0.423 e. The van der Waals surface area contributed by atoms with E-state index >= 15 is 0 Å². The highest BCUT2D eigenvalue weighted by molar-refractivity contribution is 5.98. The highest BCUT2D eigenvalue weighted by Crippen LogP contribution is 2.31. The maximum Gasteiger partial charge on any atom is 0.345 e. The van der Waals surface area contributed by atoms with E-state index < -0.39 is 16.5 Å². The van der Waals surface area contributed by atoms with Crippen LogP contribution in [0.25, 0.3) is 11.0 Å². The molecule has 0 radical (unpaired) electrons. The molecule has 166 valence electrons. The van der Waals surface area contributed by atoms with Crippen molar-refractivity contribution in [1.82, 2.24) is 0 Å². The van der Waals surface area contributed by atoms with Crippen molar-refractivity contribution in [2.24, 2.45) is 0 Å². The smallest absolute Gasteiger partial charge is 0.345 e. The number of nitrogens with zero attached hydrogens (tertiary/aromatic N) is 2. The molecule has 1 aromatic heterocycles. The van der Waals surface area contributed by atoms with Crippen molar-refractivity contribution in [3.63, 3.8) is 0 Å². The molecule has 0 N–H and O–H groups in total. The van der Waals surface area contributed by atoms with E-state index in [1.165, 1.54) is 24.3 Å². The molecular formula is C23H22N2O7. The lowest BCUT2D eigenvalue weighted by atomic mass is 10.0. The van der Waals surface area contributed by atoms with Gasteiger partial charge in [0, 0.05) is 42.7 Å².